The first-order valence-electron chi connectivity index (χ1n) is 9.69. The predicted octanol–water partition coefficient (Wildman–Crippen LogP) is 3.78. The smallest absolute Gasteiger partial charge is 0.270 e. The Kier molecular flexibility index (Phi) is 8.62. The van der Waals surface area contributed by atoms with E-state index in [-0.39, 0.29) is 18.1 Å². The van der Waals surface area contributed by atoms with E-state index >= 15 is 0 Å². The number of anilines is 2. The van der Waals surface area contributed by atoms with Gasteiger partial charge in [-0.15, -0.1) is 0 Å². The van der Waals surface area contributed by atoms with Gasteiger partial charge in [-0.1, -0.05) is 31.5 Å². The van der Waals surface area contributed by atoms with Crippen molar-refractivity contribution in [1.82, 2.24) is 5.43 Å². The predicted molar refractivity (Wildman–Crippen MR) is 117 cm³/mol. The SMILES string of the molecule is CCCCN(CC)c1ccc([N+](=O)[O-])cc1C=NNC(=O)CNc1ccccc1. The number of hydrazone groups is 1. The summed E-state index contributed by atoms with van der Waals surface area (Å²) in [5.41, 5.74) is 4.72. The van der Waals surface area contributed by atoms with Crippen LogP contribution in [-0.2, 0) is 4.79 Å². The number of hydrogen-bond donors (Lipinski definition) is 2. The summed E-state index contributed by atoms with van der Waals surface area (Å²) >= 11 is 0. The van der Waals surface area contributed by atoms with Crippen molar-refractivity contribution >= 4 is 29.2 Å². The van der Waals surface area contributed by atoms with Crippen LogP contribution in [0, 0.1) is 10.1 Å². The molecule has 2 N–H and O–H groups in total. The van der Waals surface area contributed by atoms with Crippen LogP contribution in [0.5, 0.6) is 0 Å². The minimum absolute atomic E-state index is 0.0150. The topological polar surface area (TPSA) is 99.9 Å². The fourth-order valence-electron chi connectivity index (χ4n) is 2.80. The van der Waals surface area contributed by atoms with Crippen molar-refractivity contribution in [3.05, 3.63) is 64.2 Å². The van der Waals surface area contributed by atoms with Crippen LogP contribution in [0.1, 0.15) is 32.3 Å². The number of hydrogen-bond acceptors (Lipinski definition) is 6. The first-order chi connectivity index (χ1) is 14.0. The molecule has 0 aliphatic heterocycles. The van der Waals surface area contributed by atoms with Crippen molar-refractivity contribution in [2.75, 3.05) is 29.9 Å². The number of nitro benzene ring substituents is 1. The molecule has 0 spiro atoms. The molecular formula is C21H27N5O3. The van der Waals surface area contributed by atoms with E-state index in [9.17, 15) is 14.9 Å². The Morgan fingerprint density at radius 1 is 1.21 bits per heavy atom. The van der Waals surface area contributed by atoms with Gasteiger partial charge in [0.25, 0.3) is 11.6 Å². The van der Waals surface area contributed by atoms with E-state index in [0.717, 1.165) is 37.3 Å². The van der Waals surface area contributed by atoms with Crippen molar-refractivity contribution in [3.63, 3.8) is 0 Å². The van der Waals surface area contributed by atoms with E-state index in [4.69, 9.17) is 0 Å². The Morgan fingerprint density at radius 3 is 2.62 bits per heavy atom. The number of non-ortho nitro benzene ring substituents is 1. The monoisotopic (exact) mass is 397 g/mol. The van der Waals surface area contributed by atoms with Crippen LogP contribution in [-0.4, -0.2) is 36.7 Å². The van der Waals surface area contributed by atoms with Crippen LogP contribution in [0.25, 0.3) is 0 Å². The van der Waals surface area contributed by atoms with Crippen LogP contribution in [0.4, 0.5) is 17.1 Å². The van der Waals surface area contributed by atoms with Gasteiger partial charge < -0.3 is 10.2 Å². The lowest BCUT2D eigenvalue weighted by Gasteiger charge is -2.24. The molecular weight excluding hydrogens is 370 g/mol. The number of para-hydroxylation sites is 1. The van der Waals surface area contributed by atoms with E-state index < -0.39 is 4.92 Å². The van der Waals surface area contributed by atoms with Gasteiger partial charge in [0.15, 0.2) is 0 Å². The van der Waals surface area contributed by atoms with E-state index in [2.05, 4.69) is 27.7 Å². The van der Waals surface area contributed by atoms with Gasteiger partial charge in [0.1, 0.15) is 0 Å². The molecule has 0 saturated carbocycles. The molecule has 0 unspecified atom stereocenters. The summed E-state index contributed by atoms with van der Waals surface area (Å²) in [5, 5.41) is 18.1. The largest absolute Gasteiger partial charge is 0.376 e. The highest BCUT2D eigenvalue weighted by Gasteiger charge is 2.14. The Morgan fingerprint density at radius 2 is 1.97 bits per heavy atom. The molecule has 0 fully saturated rings. The maximum absolute atomic E-state index is 12.0. The molecule has 2 aromatic carbocycles. The molecule has 1 amide bonds. The molecule has 0 bridgehead atoms. The Labute approximate surface area is 170 Å². The highest BCUT2D eigenvalue weighted by molar-refractivity contribution is 5.90. The lowest BCUT2D eigenvalue weighted by atomic mass is 10.1. The number of benzene rings is 2. The number of carbonyl (C=O) groups is 1. The second kappa shape index (κ2) is 11.4. The number of nitrogens with zero attached hydrogens (tertiary/aromatic N) is 3. The number of rotatable bonds is 11. The van der Waals surface area contributed by atoms with Gasteiger partial charge in [0.05, 0.1) is 17.7 Å². The van der Waals surface area contributed by atoms with Crippen LogP contribution < -0.4 is 15.6 Å². The molecule has 8 nitrogen and oxygen atoms in total. The average molecular weight is 397 g/mol. The third kappa shape index (κ3) is 6.91. The van der Waals surface area contributed by atoms with Gasteiger partial charge in [0.2, 0.25) is 0 Å². The average Bonchev–Trinajstić information content (AvgIpc) is 2.74. The summed E-state index contributed by atoms with van der Waals surface area (Å²) in [6.07, 6.45) is 3.53. The number of carbonyl (C=O) groups excluding carboxylic acids is 1. The van der Waals surface area contributed by atoms with E-state index in [1.165, 1.54) is 18.3 Å². The minimum atomic E-state index is -0.439. The Balaban J connectivity index is 2.08. The molecule has 29 heavy (non-hydrogen) atoms. The Bertz CT molecular complexity index is 839. The molecule has 0 saturated heterocycles. The molecule has 0 atom stereocenters. The van der Waals surface area contributed by atoms with Crippen LogP contribution in [0.3, 0.4) is 0 Å². The van der Waals surface area contributed by atoms with Crippen molar-refractivity contribution in [1.29, 1.82) is 0 Å². The van der Waals surface area contributed by atoms with Gasteiger partial charge in [-0.3, -0.25) is 14.9 Å². The molecule has 0 aromatic heterocycles. The minimum Gasteiger partial charge on any atom is -0.376 e. The summed E-state index contributed by atoms with van der Waals surface area (Å²) < 4.78 is 0. The highest BCUT2D eigenvalue weighted by atomic mass is 16.6. The molecule has 154 valence electrons. The zero-order chi connectivity index (χ0) is 21.1. The van der Waals surface area contributed by atoms with E-state index in [1.54, 1.807) is 6.07 Å². The number of nitro groups is 1. The molecule has 8 heteroatoms. The van der Waals surface area contributed by atoms with Gasteiger partial charge in [0, 0.05) is 42.2 Å². The quantitative estimate of drug-likeness (QED) is 0.341. The second-order valence-corrected chi connectivity index (χ2v) is 6.45. The van der Waals surface area contributed by atoms with Crippen LogP contribution >= 0.6 is 0 Å². The third-order valence-electron chi connectivity index (χ3n) is 4.35. The zero-order valence-corrected chi connectivity index (χ0v) is 16.8. The number of amides is 1. The molecule has 2 rings (SSSR count). The molecule has 0 aliphatic rings. The highest BCUT2D eigenvalue weighted by Crippen LogP contribution is 2.24. The molecule has 0 radical (unpaired) electrons. The van der Waals surface area contributed by atoms with Gasteiger partial charge >= 0.3 is 0 Å². The van der Waals surface area contributed by atoms with Gasteiger partial charge in [-0.05, 0) is 31.5 Å². The van der Waals surface area contributed by atoms with Crippen molar-refractivity contribution in [2.45, 2.75) is 26.7 Å². The maximum atomic E-state index is 12.0. The third-order valence-corrected chi connectivity index (χ3v) is 4.35. The fraction of sp³-hybridized carbons (Fsp3) is 0.333. The second-order valence-electron chi connectivity index (χ2n) is 6.45. The maximum Gasteiger partial charge on any atom is 0.270 e. The summed E-state index contributed by atoms with van der Waals surface area (Å²) in [5.74, 6) is -0.310. The van der Waals surface area contributed by atoms with Crippen molar-refractivity contribution in [2.24, 2.45) is 5.10 Å². The molecule has 0 heterocycles. The molecule has 2 aromatic rings. The fourth-order valence-corrected chi connectivity index (χ4v) is 2.80. The lowest BCUT2D eigenvalue weighted by molar-refractivity contribution is -0.384. The summed E-state index contributed by atoms with van der Waals surface area (Å²) in [4.78, 5) is 24.8. The van der Waals surface area contributed by atoms with Crippen LogP contribution in [0.15, 0.2) is 53.6 Å². The standard InChI is InChI=1S/C21H27N5O3/c1-3-5-13-25(4-2)20-12-11-19(26(28)29)14-17(20)15-23-24-21(27)16-22-18-9-7-6-8-10-18/h6-12,14-15,22H,3-5,13,16H2,1-2H3,(H,24,27). The summed E-state index contributed by atoms with van der Waals surface area (Å²) in [7, 11) is 0. The first-order valence-corrected chi connectivity index (χ1v) is 9.69. The zero-order valence-electron chi connectivity index (χ0n) is 16.8. The van der Waals surface area contributed by atoms with Gasteiger partial charge in [-0.2, -0.15) is 5.10 Å². The number of unbranched alkanes of at least 4 members (excludes halogenated alkanes) is 1. The normalized spacial score (nSPS) is 10.7. The molecule has 0 aliphatic carbocycles. The summed E-state index contributed by atoms with van der Waals surface area (Å²) in [6.45, 7) is 5.84. The summed E-state index contributed by atoms with van der Waals surface area (Å²) in [6, 6.07) is 14.1. The van der Waals surface area contributed by atoms with Crippen molar-refractivity contribution < 1.29 is 9.72 Å². The van der Waals surface area contributed by atoms with Crippen LogP contribution in [0.2, 0.25) is 0 Å². The Hall–Kier alpha value is -3.42. The number of nitrogens with one attached hydrogen (secondary N) is 2. The first kappa shape index (κ1) is 21.9. The van der Waals surface area contributed by atoms with E-state index in [0.29, 0.717) is 5.56 Å². The van der Waals surface area contributed by atoms with E-state index in [1.807, 2.05) is 37.3 Å². The van der Waals surface area contributed by atoms with Crippen molar-refractivity contribution in [3.8, 4) is 0 Å². The van der Waals surface area contributed by atoms with Gasteiger partial charge in [-0.25, -0.2) is 5.43 Å². The lowest BCUT2D eigenvalue weighted by Crippen LogP contribution is -2.26.